The van der Waals surface area contributed by atoms with Crippen LogP contribution in [0.2, 0.25) is 0 Å². The Bertz CT molecular complexity index is 1460. The molecule has 6 nitrogen and oxygen atoms in total. The molecule has 1 aliphatic rings. The summed E-state index contributed by atoms with van der Waals surface area (Å²) in [5, 5.41) is 4.19. The molecule has 4 aromatic rings. The molecular formula is C30H32N4O2S. The molecule has 0 spiro atoms. The van der Waals surface area contributed by atoms with Crippen molar-refractivity contribution in [3.8, 4) is 17.2 Å². The van der Waals surface area contributed by atoms with Gasteiger partial charge in [-0.3, -0.25) is 4.98 Å². The quantitative estimate of drug-likeness (QED) is 0.306. The predicted molar refractivity (Wildman–Crippen MR) is 152 cm³/mol. The van der Waals surface area contributed by atoms with E-state index < -0.39 is 0 Å². The summed E-state index contributed by atoms with van der Waals surface area (Å²) in [6, 6.07) is 20.3. The SMILES string of the molecule is COc1ccc(N2C(=S)NC(c3ccccn3)C2c2cc(C)n(-c3cccc(C)c3C)c2C)c(OC)c1. The van der Waals surface area contributed by atoms with Crippen molar-refractivity contribution in [2.24, 2.45) is 0 Å². The van der Waals surface area contributed by atoms with Gasteiger partial charge < -0.3 is 24.3 Å². The number of methoxy groups -OCH3 is 2. The lowest BCUT2D eigenvalue weighted by molar-refractivity contribution is 0.394. The maximum absolute atomic E-state index is 5.95. The van der Waals surface area contributed by atoms with E-state index in [1.807, 2.05) is 42.6 Å². The molecule has 0 aliphatic carbocycles. The second-order valence-electron chi connectivity index (χ2n) is 9.42. The lowest BCUT2D eigenvalue weighted by Gasteiger charge is -2.29. The van der Waals surface area contributed by atoms with Crippen molar-refractivity contribution in [1.82, 2.24) is 14.9 Å². The van der Waals surface area contributed by atoms with Crippen molar-refractivity contribution in [3.05, 3.63) is 101 Å². The Kier molecular flexibility index (Phi) is 6.65. The molecule has 2 unspecified atom stereocenters. The molecule has 1 aliphatic heterocycles. The number of hydrogen-bond acceptors (Lipinski definition) is 4. The number of benzene rings is 2. The highest BCUT2D eigenvalue weighted by Crippen LogP contribution is 2.47. The Hall–Kier alpha value is -3.84. The summed E-state index contributed by atoms with van der Waals surface area (Å²) in [6.45, 7) is 8.68. The Labute approximate surface area is 223 Å². The van der Waals surface area contributed by atoms with E-state index in [1.165, 1.54) is 33.8 Å². The molecule has 7 heteroatoms. The summed E-state index contributed by atoms with van der Waals surface area (Å²) < 4.78 is 13.6. The van der Waals surface area contributed by atoms with E-state index in [1.54, 1.807) is 14.2 Å². The fraction of sp³-hybridized carbons (Fsp3) is 0.267. The van der Waals surface area contributed by atoms with Crippen LogP contribution in [0, 0.1) is 27.7 Å². The van der Waals surface area contributed by atoms with Crippen LogP contribution in [0.1, 0.15) is 45.9 Å². The van der Waals surface area contributed by atoms with Crippen LogP contribution in [0.15, 0.2) is 66.9 Å². The zero-order valence-corrected chi connectivity index (χ0v) is 22.9. The first-order chi connectivity index (χ1) is 17.8. The minimum atomic E-state index is -0.145. The third-order valence-corrected chi connectivity index (χ3v) is 7.66. The second kappa shape index (κ2) is 9.90. The average Bonchev–Trinajstić information content (AvgIpc) is 3.40. The van der Waals surface area contributed by atoms with E-state index in [2.05, 4.69) is 66.7 Å². The lowest BCUT2D eigenvalue weighted by Crippen LogP contribution is -2.30. The second-order valence-corrected chi connectivity index (χ2v) is 9.80. The van der Waals surface area contributed by atoms with Crippen LogP contribution in [-0.2, 0) is 0 Å². The number of nitrogens with one attached hydrogen (secondary N) is 1. The molecule has 3 heterocycles. The smallest absolute Gasteiger partial charge is 0.174 e. The highest BCUT2D eigenvalue weighted by atomic mass is 32.1. The molecule has 0 radical (unpaired) electrons. The monoisotopic (exact) mass is 512 g/mol. The van der Waals surface area contributed by atoms with Gasteiger partial charge in [0.05, 0.1) is 37.7 Å². The summed E-state index contributed by atoms with van der Waals surface area (Å²) >= 11 is 5.95. The number of ether oxygens (including phenoxy) is 2. The minimum Gasteiger partial charge on any atom is -0.497 e. The zero-order chi connectivity index (χ0) is 26.3. The predicted octanol–water partition coefficient (Wildman–Crippen LogP) is 6.30. The van der Waals surface area contributed by atoms with Gasteiger partial charge in [-0.2, -0.15) is 0 Å². The molecule has 5 rings (SSSR count). The molecule has 2 atom stereocenters. The van der Waals surface area contributed by atoms with Gasteiger partial charge in [-0.05, 0) is 93.0 Å². The van der Waals surface area contributed by atoms with Crippen molar-refractivity contribution in [1.29, 1.82) is 0 Å². The van der Waals surface area contributed by atoms with Crippen LogP contribution in [0.5, 0.6) is 11.5 Å². The van der Waals surface area contributed by atoms with E-state index in [-0.39, 0.29) is 12.1 Å². The fourth-order valence-electron chi connectivity index (χ4n) is 5.35. The molecular weight excluding hydrogens is 480 g/mol. The van der Waals surface area contributed by atoms with Gasteiger partial charge in [0.15, 0.2) is 5.11 Å². The molecule has 190 valence electrons. The van der Waals surface area contributed by atoms with E-state index in [4.69, 9.17) is 26.7 Å². The summed E-state index contributed by atoms with van der Waals surface area (Å²) in [4.78, 5) is 6.86. The van der Waals surface area contributed by atoms with Gasteiger partial charge in [0.2, 0.25) is 0 Å². The van der Waals surface area contributed by atoms with Gasteiger partial charge in [0.25, 0.3) is 0 Å². The van der Waals surface area contributed by atoms with Crippen molar-refractivity contribution in [2.45, 2.75) is 39.8 Å². The summed E-state index contributed by atoms with van der Waals surface area (Å²) in [6.07, 6.45) is 1.83. The van der Waals surface area contributed by atoms with Crippen LogP contribution in [0.4, 0.5) is 5.69 Å². The molecule has 0 amide bonds. The Morgan fingerprint density at radius 3 is 2.41 bits per heavy atom. The summed E-state index contributed by atoms with van der Waals surface area (Å²) in [7, 11) is 3.32. The summed E-state index contributed by atoms with van der Waals surface area (Å²) in [5.74, 6) is 1.42. The maximum atomic E-state index is 5.95. The van der Waals surface area contributed by atoms with E-state index in [9.17, 15) is 0 Å². The molecule has 0 saturated carbocycles. The van der Waals surface area contributed by atoms with Crippen molar-refractivity contribution >= 4 is 23.0 Å². The highest BCUT2D eigenvalue weighted by molar-refractivity contribution is 7.80. The number of aryl methyl sites for hydroxylation is 2. The van der Waals surface area contributed by atoms with E-state index in [0.29, 0.717) is 10.9 Å². The molecule has 2 aromatic heterocycles. The highest BCUT2D eigenvalue weighted by Gasteiger charge is 2.43. The number of rotatable bonds is 6. The summed E-state index contributed by atoms with van der Waals surface area (Å²) in [5.41, 5.74) is 9.05. The number of anilines is 1. The number of aromatic nitrogens is 2. The standard InChI is InChI=1S/C30H32N4O2S/c1-18-10-9-12-25(20(18)3)33-19(2)16-23(21(33)4)29-28(24-11-7-8-15-31-24)32-30(37)34(29)26-14-13-22(35-5)17-27(26)36-6/h7-17,28-29H,1-6H3,(H,32,37). The van der Waals surface area contributed by atoms with Gasteiger partial charge in [-0.15, -0.1) is 0 Å². The largest absolute Gasteiger partial charge is 0.497 e. The molecule has 1 fully saturated rings. The van der Waals surface area contributed by atoms with Crippen molar-refractivity contribution in [3.63, 3.8) is 0 Å². The van der Waals surface area contributed by atoms with Gasteiger partial charge in [0, 0.05) is 29.3 Å². The lowest BCUT2D eigenvalue weighted by atomic mass is 9.96. The van der Waals surface area contributed by atoms with Gasteiger partial charge in [-0.1, -0.05) is 18.2 Å². The first-order valence-corrected chi connectivity index (χ1v) is 12.7. The van der Waals surface area contributed by atoms with E-state index in [0.717, 1.165) is 17.1 Å². The normalized spacial score (nSPS) is 17.1. The first-order valence-electron chi connectivity index (χ1n) is 12.3. The number of nitrogens with zero attached hydrogens (tertiary/aromatic N) is 3. The van der Waals surface area contributed by atoms with Crippen LogP contribution >= 0.6 is 12.2 Å². The van der Waals surface area contributed by atoms with Crippen molar-refractivity contribution in [2.75, 3.05) is 19.1 Å². The fourth-order valence-corrected chi connectivity index (χ4v) is 5.69. The van der Waals surface area contributed by atoms with Gasteiger partial charge >= 0.3 is 0 Å². The van der Waals surface area contributed by atoms with E-state index >= 15 is 0 Å². The van der Waals surface area contributed by atoms with Gasteiger partial charge in [-0.25, -0.2) is 0 Å². The third kappa shape index (κ3) is 4.23. The Morgan fingerprint density at radius 2 is 1.70 bits per heavy atom. The molecule has 37 heavy (non-hydrogen) atoms. The number of pyridine rings is 1. The van der Waals surface area contributed by atoms with Crippen LogP contribution < -0.4 is 19.7 Å². The molecule has 1 saturated heterocycles. The molecule has 2 aromatic carbocycles. The maximum Gasteiger partial charge on any atom is 0.174 e. The first kappa shape index (κ1) is 24.8. The number of hydrogen-bond donors (Lipinski definition) is 1. The molecule has 0 bridgehead atoms. The van der Waals surface area contributed by atoms with Crippen LogP contribution in [0.3, 0.4) is 0 Å². The Balaban J connectivity index is 1.72. The third-order valence-electron chi connectivity index (χ3n) is 7.35. The zero-order valence-electron chi connectivity index (χ0n) is 22.1. The van der Waals surface area contributed by atoms with Gasteiger partial charge in [0.1, 0.15) is 11.5 Å². The molecule has 1 N–H and O–H groups in total. The number of thiocarbonyl (C=S) groups is 1. The van der Waals surface area contributed by atoms with Crippen molar-refractivity contribution < 1.29 is 9.47 Å². The minimum absolute atomic E-state index is 0.144. The topological polar surface area (TPSA) is 51.5 Å². The van der Waals surface area contributed by atoms with Crippen LogP contribution in [0.25, 0.3) is 5.69 Å². The Morgan fingerprint density at radius 1 is 0.892 bits per heavy atom. The van der Waals surface area contributed by atoms with Crippen LogP contribution in [-0.4, -0.2) is 28.9 Å². The average molecular weight is 513 g/mol.